The molecule has 0 spiro atoms. The number of benzene rings is 1. The van der Waals surface area contributed by atoms with Gasteiger partial charge in [0.15, 0.2) is 0 Å². The second-order valence-electron chi connectivity index (χ2n) is 4.34. The number of carbonyl (C=O) groups is 1. The number of aromatic nitrogens is 2. The van der Waals surface area contributed by atoms with Crippen molar-refractivity contribution in [2.45, 2.75) is 19.9 Å². The molecule has 0 radical (unpaired) electrons. The van der Waals surface area contributed by atoms with Crippen molar-refractivity contribution in [3.05, 3.63) is 30.1 Å². The van der Waals surface area contributed by atoms with Crippen LogP contribution in [-0.2, 0) is 6.54 Å². The molecule has 90 valence electrons. The first kappa shape index (κ1) is 11.6. The van der Waals surface area contributed by atoms with E-state index in [9.17, 15) is 4.79 Å². The van der Waals surface area contributed by atoms with Gasteiger partial charge in [-0.25, -0.2) is 4.98 Å². The van der Waals surface area contributed by atoms with Crippen molar-refractivity contribution in [3.63, 3.8) is 0 Å². The maximum atomic E-state index is 11.9. The number of rotatable bonds is 3. The molecule has 0 fully saturated rings. The highest BCUT2D eigenvalue weighted by Gasteiger charge is 2.10. The Balaban J connectivity index is 2.47. The first-order valence-corrected chi connectivity index (χ1v) is 5.80. The number of hydrogen-bond donors (Lipinski definition) is 0. The molecule has 0 saturated heterocycles. The van der Waals surface area contributed by atoms with Gasteiger partial charge in [0, 0.05) is 26.2 Å². The van der Waals surface area contributed by atoms with Gasteiger partial charge >= 0.3 is 0 Å². The fraction of sp³-hybridized carbons (Fsp3) is 0.385. The van der Waals surface area contributed by atoms with Crippen LogP contribution in [0, 0.1) is 0 Å². The summed E-state index contributed by atoms with van der Waals surface area (Å²) in [6.07, 6.45) is 2.88. The Morgan fingerprint density at radius 1 is 1.41 bits per heavy atom. The van der Waals surface area contributed by atoms with Gasteiger partial charge in [0.25, 0.3) is 5.91 Å². The van der Waals surface area contributed by atoms with Crippen LogP contribution in [0.3, 0.4) is 0 Å². The molecule has 0 saturated carbocycles. The summed E-state index contributed by atoms with van der Waals surface area (Å²) in [5.41, 5.74) is 2.67. The zero-order valence-electron chi connectivity index (χ0n) is 10.5. The normalized spacial score (nSPS) is 10.8. The third-order valence-electron chi connectivity index (χ3n) is 2.74. The molecule has 4 nitrogen and oxygen atoms in total. The van der Waals surface area contributed by atoms with Gasteiger partial charge in [-0.3, -0.25) is 4.79 Å². The van der Waals surface area contributed by atoms with E-state index in [4.69, 9.17) is 0 Å². The quantitative estimate of drug-likeness (QED) is 0.811. The largest absolute Gasteiger partial charge is 0.345 e. The van der Waals surface area contributed by atoms with Gasteiger partial charge in [0.2, 0.25) is 0 Å². The zero-order valence-corrected chi connectivity index (χ0v) is 10.5. The molecule has 17 heavy (non-hydrogen) atoms. The number of carbonyl (C=O) groups excluding carboxylic acids is 1. The zero-order chi connectivity index (χ0) is 12.4. The van der Waals surface area contributed by atoms with Gasteiger partial charge in [-0.2, -0.15) is 0 Å². The summed E-state index contributed by atoms with van der Waals surface area (Å²) in [6, 6.07) is 5.65. The Morgan fingerprint density at radius 3 is 2.82 bits per heavy atom. The van der Waals surface area contributed by atoms with E-state index in [0.29, 0.717) is 5.56 Å². The molecule has 0 aliphatic rings. The summed E-state index contributed by atoms with van der Waals surface area (Å²) < 4.78 is 2.09. The van der Waals surface area contributed by atoms with Crippen molar-refractivity contribution in [3.8, 4) is 0 Å². The molecule has 0 atom stereocenters. The number of nitrogens with zero attached hydrogens (tertiary/aromatic N) is 3. The van der Waals surface area contributed by atoms with Crippen molar-refractivity contribution < 1.29 is 4.79 Å². The molecular weight excluding hydrogens is 214 g/mol. The minimum absolute atomic E-state index is 0.0242. The van der Waals surface area contributed by atoms with Crippen LogP contribution in [0.5, 0.6) is 0 Å². The smallest absolute Gasteiger partial charge is 0.253 e. The van der Waals surface area contributed by atoms with Crippen molar-refractivity contribution in [2.75, 3.05) is 14.1 Å². The summed E-state index contributed by atoms with van der Waals surface area (Å²) in [4.78, 5) is 17.8. The van der Waals surface area contributed by atoms with Crippen LogP contribution >= 0.6 is 0 Å². The highest BCUT2D eigenvalue weighted by molar-refractivity contribution is 5.97. The van der Waals surface area contributed by atoms with Crippen LogP contribution in [0.15, 0.2) is 24.5 Å². The number of imidazole rings is 1. The topological polar surface area (TPSA) is 38.1 Å². The molecule has 4 heteroatoms. The van der Waals surface area contributed by atoms with Gasteiger partial charge in [0.05, 0.1) is 17.4 Å². The van der Waals surface area contributed by atoms with Crippen molar-refractivity contribution in [1.29, 1.82) is 0 Å². The predicted molar refractivity (Wildman–Crippen MR) is 68.0 cm³/mol. The van der Waals surface area contributed by atoms with Gasteiger partial charge in [-0.1, -0.05) is 6.92 Å². The minimum Gasteiger partial charge on any atom is -0.345 e. The summed E-state index contributed by atoms with van der Waals surface area (Å²) in [6.45, 7) is 3.05. The summed E-state index contributed by atoms with van der Waals surface area (Å²) in [7, 11) is 3.52. The summed E-state index contributed by atoms with van der Waals surface area (Å²) in [5, 5.41) is 0. The number of hydrogen-bond acceptors (Lipinski definition) is 2. The van der Waals surface area contributed by atoms with Gasteiger partial charge in [-0.05, 0) is 24.6 Å². The fourth-order valence-electron chi connectivity index (χ4n) is 1.87. The van der Waals surface area contributed by atoms with Crippen LogP contribution in [0.4, 0.5) is 0 Å². The standard InChI is InChI=1S/C13H17N3O/c1-4-7-16-9-14-11-6-5-10(8-12(11)16)13(17)15(2)3/h5-6,8-9H,4,7H2,1-3H3. The summed E-state index contributed by atoms with van der Waals surface area (Å²) >= 11 is 0. The lowest BCUT2D eigenvalue weighted by Gasteiger charge is -2.10. The van der Waals surface area contributed by atoms with Crippen LogP contribution in [-0.4, -0.2) is 34.5 Å². The number of amides is 1. The summed E-state index contributed by atoms with van der Waals surface area (Å²) in [5.74, 6) is 0.0242. The van der Waals surface area contributed by atoms with E-state index in [1.807, 2.05) is 24.5 Å². The maximum absolute atomic E-state index is 11.9. The fourth-order valence-corrected chi connectivity index (χ4v) is 1.87. The SMILES string of the molecule is CCCn1cnc2ccc(C(=O)N(C)C)cc21. The Kier molecular flexibility index (Phi) is 3.13. The van der Waals surface area contributed by atoms with Crippen LogP contribution in [0.2, 0.25) is 0 Å². The Morgan fingerprint density at radius 2 is 2.18 bits per heavy atom. The third kappa shape index (κ3) is 2.16. The van der Waals surface area contributed by atoms with E-state index in [-0.39, 0.29) is 5.91 Å². The molecule has 0 unspecified atom stereocenters. The van der Waals surface area contributed by atoms with Crippen molar-refractivity contribution in [2.24, 2.45) is 0 Å². The molecule has 0 bridgehead atoms. The molecule has 1 aromatic carbocycles. The number of fused-ring (bicyclic) bond motifs is 1. The monoisotopic (exact) mass is 231 g/mol. The highest BCUT2D eigenvalue weighted by atomic mass is 16.2. The molecule has 0 aliphatic heterocycles. The first-order chi connectivity index (χ1) is 8.13. The van der Waals surface area contributed by atoms with Gasteiger partial charge in [-0.15, -0.1) is 0 Å². The predicted octanol–water partition coefficient (Wildman–Crippen LogP) is 2.15. The van der Waals surface area contributed by atoms with Crippen LogP contribution < -0.4 is 0 Å². The molecule has 2 rings (SSSR count). The van der Waals surface area contributed by atoms with Gasteiger partial charge < -0.3 is 9.47 Å². The molecular formula is C13H17N3O. The maximum Gasteiger partial charge on any atom is 0.253 e. The number of aryl methyl sites for hydroxylation is 1. The molecule has 1 aromatic heterocycles. The third-order valence-corrected chi connectivity index (χ3v) is 2.74. The van der Waals surface area contributed by atoms with E-state index in [1.165, 1.54) is 0 Å². The van der Waals surface area contributed by atoms with Crippen molar-refractivity contribution in [1.82, 2.24) is 14.5 Å². The highest BCUT2D eigenvalue weighted by Crippen LogP contribution is 2.16. The lowest BCUT2D eigenvalue weighted by molar-refractivity contribution is 0.0828. The van der Waals surface area contributed by atoms with E-state index in [0.717, 1.165) is 24.0 Å². The van der Waals surface area contributed by atoms with E-state index >= 15 is 0 Å². The molecule has 0 aliphatic carbocycles. The Bertz CT molecular complexity index is 543. The first-order valence-electron chi connectivity index (χ1n) is 5.80. The molecule has 0 N–H and O–H groups in total. The lowest BCUT2D eigenvalue weighted by atomic mass is 10.2. The van der Waals surface area contributed by atoms with E-state index < -0.39 is 0 Å². The Hall–Kier alpha value is -1.84. The molecule has 1 amide bonds. The second kappa shape index (κ2) is 4.57. The average molecular weight is 231 g/mol. The Labute approximate surface area is 101 Å². The lowest BCUT2D eigenvalue weighted by Crippen LogP contribution is -2.21. The van der Waals surface area contributed by atoms with E-state index in [1.54, 1.807) is 19.0 Å². The second-order valence-corrected chi connectivity index (χ2v) is 4.34. The van der Waals surface area contributed by atoms with Crippen LogP contribution in [0.25, 0.3) is 11.0 Å². The molecule has 1 heterocycles. The van der Waals surface area contributed by atoms with Crippen LogP contribution in [0.1, 0.15) is 23.7 Å². The average Bonchev–Trinajstić information content (AvgIpc) is 2.71. The van der Waals surface area contributed by atoms with E-state index in [2.05, 4.69) is 16.5 Å². The van der Waals surface area contributed by atoms with Crippen molar-refractivity contribution >= 4 is 16.9 Å². The minimum atomic E-state index is 0.0242. The van der Waals surface area contributed by atoms with Gasteiger partial charge in [0.1, 0.15) is 0 Å². The molecule has 2 aromatic rings.